The van der Waals surface area contributed by atoms with E-state index in [2.05, 4.69) is 0 Å². The molecule has 0 aliphatic rings. The Hall–Kier alpha value is -1.42. The number of nitro benzene ring substituents is 1. The van der Waals surface area contributed by atoms with Crippen molar-refractivity contribution in [3.63, 3.8) is 0 Å². The highest BCUT2D eigenvalue weighted by Gasteiger charge is 2.11. The number of hydrogen-bond donors (Lipinski definition) is 0. The third kappa shape index (κ3) is 2.53. The minimum absolute atomic E-state index is 0.258. The average molecular weight is 216 g/mol. The van der Waals surface area contributed by atoms with Gasteiger partial charge in [-0.3, -0.25) is 10.1 Å². The van der Waals surface area contributed by atoms with Gasteiger partial charge in [0.1, 0.15) is 5.82 Å². The molecule has 0 aromatic heterocycles. The van der Waals surface area contributed by atoms with E-state index in [0.717, 1.165) is 6.07 Å². The topological polar surface area (TPSA) is 43.1 Å². The molecule has 0 atom stereocenters. The predicted octanol–water partition coefficient (Wildman–Crippen LogP) is 2.99. The lowest BCUT2D eigenvalue weighted by molar-refractivity contribution is -0.385. The first-order valence-electron chi connectivity index (χ1n) is 3.81. The summed E-state index contributed by atoms with van der Waals surface area (Å²) in [5, 5.41) is 10.5. The Balaban J connectivity index is 3.15. The summed E-state index contributed by atoms with van der Waals surface area (Å²) in [6.45, 7) is 0. The molecule has 0 amide bonds. The number of nitro groups is 1. The number of alkyl halides is 1. The van der Waals surface area contributed by atoms with E-state index in [1.54, 1.807) is 6.08 Å². The molecule has 0 bridgehead atoms. The number of halogens is 2. The fourth-order valence-corrected chi connectivity index (χ4v) is 1.08. The van der Waals surface area contributed by atoms with E-state index in [-0.39, 0.29) is 11.6 Å². The molecule has 14 heavy (non-hydrogen) atoms. The Morgan fingerprint density at radius 2 is 2.29 bits per heavy atom. The van der Waals surface area contributed by atoms with E-state index >= 15 is 0 Å². The van der Waals surface area contributed by atoms with Crippen LogP contribution in [0.5, 0.6) is 0 Å². The molecule has 1 aromatic rings. The molecule has 5 heteroatoms. The van der Waals surface area contributed by atoms with E-state index in [0.29, 0.717) is 5.56 Å². The Morgan fingerprint density at radius 3 is 2.86 bits per heavy atom. The van der Waals surface area contributed by atoms with Crippen molar-refractivity contribution in [1.82, 2.24) is 0 Å². The average Bonchev–Trinajstić information content (AvgIpc) is 2.15. The molecule has 3 nitrogen and oxygen atoms in total. The molecule has 74 valence electrons. The monoisotopic (exact) mass is 215 g/mol. The second kappa shape index (κ2) is 4.72. The molecule has 0 aliphatic carbocycles. The lowest BCUT2D eigenvalue weighted by Crippen LogP contribution is -1.92. The van der Waals surface area contributed by atoms with Crippen molar-refractivity contribution in [3.05, 3.63) is 45.8 Å². The van der Waals surface area contributed by atoms with Crippen LogP contribution >= 0.6 is 11.6 Å². The quantitative estimate of drug-likeness (QED) is 0.442. The second-order valence-electron chi connectivity index (χ2n) is 2.52. The first-order valence-corrected chi connectivity index (χ1v) is 4.35. The molecule has 0 fully saturated rings. The van der Waals surface area contributed by atoms with Gasteiger partial charge < -0.3 is 0 Å². The van der Waals surface area contributed by atoms with Gasteiger partial charge in [0.2, 0.25) is 0 Å². The molecule has 0 unspecified atom stereocenters. The lowest BCUT2D eigenvalue weighted by atomic mass is 10.1. The van der Waals surface area contributed by atoms with E-state index in [1.807, 2.05) is 0 Å². The van der Waals surface area contributed by atoms with Crippen LogP contribution in [0.3, 0.4) is 0 Å². The van der Waals surface area contributed by atoms with Crippen LogP contribution in [-0.2, 0) is 0 Å². The summed E-state index contributed by atoms with van der Waals surface area (Å²) in [6, 6.07) is 3.39. The van der Waals surface area contributed by atoms with E-state index in [1.165, 1.54) is 18.2 Å². The van der Waals surface area contributed by atoms with Crippen LogP contribution in [-0.4, -0.2) is 10.8 Å². The number of nitrogens with zero attached hydrogens (tertiary/aromatic N) is 1. The van der Waals surface area contributed by atoms with Crippen LogP contribution in [0.2, 0.25) is 0 Å². The SMILES string of the molecule is O=[N+]([O-])c1cc(F)ccc1C=CCCl. The fraction of sp³-hybridized carbons (Fsp3) is 0.111. The van der Waals surface area contributed by atoms with Crippen LogP contribution in [0.4, 0.5) is 10.1 Å². The zero-order valence-electron chi connectivity index (χ0n) is 7.11. The predicted molar refractivity (Wildman–Crippen MR) is 52.8 cm³/mol. The summed E-state index contributed by atoms with van der Waals surface area (Å²) >= 11 is 5.38. The van der Waals surface area contributed by atoms with Gasteiger partial charge in [0.05, 0.1) is 16.6 Å². The third-order valence-corrected chi connectivity index (χ3v) is 1.75. The normalized spacial score (nSPS) is 10.7. The summed E-state index contributed by atoms with van der Waals surface area (Å²) in [6.07, 6.45) is 3.05. The standard InChI is InChI=1S/C9H7ClFNO2/c10-5-1-2-7-3-4-8(11)6-9(7)12(13)14/h1-4,6H,5H2. The van der Waals surface area contributed by atoms with Crippen molar-refractivity contribution in [1.29, 1.82) is 0 Å². The molecule has 0 heterocycles. The van der Waals surface area contributed by atoms with Gasteiger partial charge in [0.25, 0.3) is 5.69 Å². The molecule has 0 spiro atoms. The van der Waals surface area contributed by atoms with E-state index in [9.17, 15) is 14.5 Å². The first-order chi connectivity index (χ1) is 6.65. The maximum atomic E-state index is 12.7. The summed E-state index contributed by atoms with van der Waals surface area (Å²) in [7, 11) is 0. The van der Waals surface area contributed by atoms with Gasteiger partial charge in [-0.1, -0.05) is 12.2 Å². The zero-order valence-corrected chi connectivity index (χ0v) is 7.87. The summed E-state index contributed by atoms with van der Waals surface area (Å²) in [4.78, 5) is 9.88. The summed E-state index contributed by atoms with van der Waals surface area (Å²) in [5.74, 6) is -0.367. The lowest BCUT2D eigenvalue weighted by Gasteiger charge is -1.96. The van der Waals surface area contributed by atoms with Crippen molar-refractivity contribution in [2.75, 3.05) is 5.88 Å². The molecule has 1 aromatic carbocycles. The van der Waals surface area contributed by atoms with Crippen molar-refractivity contribution in [2.24, 2.45) is 0 Å². The number of benzene rings is 1. The molecule has 0 N–H and O–H groups in total. The highest BCUT2D eigenvalue weighted by Crippen LogP contribution is 2.20. The molecule has 0 radical (unpaired) electrons. The number of hydrogen-bond acceptors (Lipinski definition) is 2. The summed E-state index contributed by atoms with van der Waals surface area (Å²) < 4.78 is 12.7. The molecule has 0 saturated carbocycles. The Labute approximate surface area is 85.0 Å². The van der Waals surface area contributed by atoms with E-state index < -0.39 is 10.7 Å². The fourth-order valence-electron chi connectivity index (χ4n) is 0.987. The molecule has 0 saturated heterocycles. The van der Waals surface area contributed by atoms with Crippen LogP contribution in [0.15, 0.2) is 24.3 Å². The van der Waals surface area contributed by atoms with Crippen LogP contribution in [0.25, 0.3) is 6.08 Å². The van der Waals surface area contributed by atoms with Crippen molar-refractivity contribution in [2.45, 2.75) is 0 Å². The largest absolute Gasteiger partial charge is 0.279 e. The number of rotatable bonds is 3. The third-order valence-electron chi connectivity index (χ3n) is 1.58. The maximum Gasteiger partial charge on any atom is 0.279 e. The Kier molecular flexibility index (Phi) is 3.59. The van der Waals surface area contributed by atoms with E-state index in [4.69, 9.17) is 11.6 Å². The molecule has 1 rings (SSSR count). The molecule has 0 aliphatic heterocycles. The van der Waals surface area contributed by atoms with Crippen LogP contribution in [0, 0.1) is 15.9 Å². The van der Waals surface area contributed by atoms with Gasteiger partial charge in [-0.05, 0) is 12.1 Å². The first kappa shape index (κ1) is 10.7. The van der Waals surface area contributed by atoms with Gasteiger partial charge >= 0.3 is 0 Å². The highest BCUT2D eigenvalue weighted by atomic mass is 35.5. The highest BCUT2D eigenvalue weighted by molar-refractivity contribution is 6.19. The van der Waals surface area contributed by atoms with Crippen LogP contribution < -0.4 is 0 Å². The van der Waals surface area contributed by atoms with Gasteiger partial charge in [0, 0.05) is 5.88 Å². The number of allylic oxidation sites excluding steroid dienone is 1. The second-order valence-corrected chi connectivity index (χ2v) is 2.83. The Morgan fingerprint density at radius 1 is 1.57 bits per heavy atom. The minimum atomic E-state index is -0.628. The molecular weight excluding hydrogens is 209 g/mol. The van der Waals surface area contributed by atoms with Crippen molar-refractivity contribution >= 4 is 23.4 Å². The Bertz CT molecular complexity index is 379. The van der Waals surface area contributed by atoms with Gasteiger partial charge in [-0.15, -0.1) is 11.6 Å². The maximum absolute atomic E-state index is 12.7. The van der Waals surface area contributed by atoms with Crippen molar-refractivity contribution in [3.8, 4) is 0 Å². The van der Waals surface area contributed by atoms with Crippen molar-refractivity contribution < 1.29 is 9.31 Å². The van der Waals surface area contributed by atoms with Gasteiger partial charge in [0.15, 0.2) is 0 Å². The van der Waals surface area contributed by atoms with Crippen LogP contribution in [0.1, 0.15) is 5.56 Å². The van der Waals surface area contributed by atoms with Gasteiger partial charge in [-0.25, -0.2) is 4.39 Å². The zero-order chi connectivity index (χ0) is 10.6. The van der Waals surface area contributed by atoms with Gasteiger partial charge in [-0.2, -0.15) is 0 Å². The summed E-state index contributed by atoms with van der Waals surface area (Å²) in [5.41, 5.74) is 0.0865. The minimum Gasteiger partial charge on any atom is -0.258 e. The smallest absolute Gasteiger partial charge is 0.258 e. The molecular formula is C9H7ClFNO2.